The van der Waals surface area contributed by atoms with Gasteiger partial charge < -0.3 is 5.11 Å². The van der Waals surface area contributed by atoms with E-state index in [0.717, 1.165) is 5.56 Å². The maximum Gasteiger partial charge on any atom is 0.141 e. The summed E-state index contributed by atoms with van der Waals surface area (Å²) < 4.78 is 13.0. The molecule has 1 unspecified atom stereocenters. The zero-order valence-corrected chi connectivity index (χ0v) is 9.73. The van der Waals surface area contributed by atoms with Gasteiger partial charge in [0.25, 0.3) is 0 Å². The average molecular weight is 252 g/mol. The van der Waals surface area contributed by atoms with Crippen LogP contribution in [0.25, 0.3) is 0 Å². The monoisotopic (exact) mass is 251 g/mol. The van der Waals surface area contributed by atoms with Gasteiger partial charge in [-0.25, -0.2) is 4.39 Å². The Hall–Kier alpha value is -1.45. The first-order chi connectivity index (χ1) is 8.16. The van der Waals surface area contributed by atoms with Crippen LogP contribution in [0.5, 0.6) is 0 Å². The van der Waals surface area contributed by atoms with Gasteiger partial charge in [-0.15, -0.1) is 0 Å². The van der Waals surface area contributed by atoms with E-state index in [1.807, 2.05) is 12.1 Å². The predicted molar refractivity (Wildman–Crippen MR) is 64.3 cm³/mol. The highest BCUT2D eigenvalue weighted by Gasteiger charge is 2.10. The first kappa shape index (κ1) is 12.0. The molecule has 0 bridgehead atoms. The molecule has 88 valence electrons. The summed E-state index contributed by atoms with van der Waals surface area (Å²) in [6.07, 6.45) is 3.08. The molecule has 0 spiro atoms. The Bertz CT molecular complexity index is 504. The van der Waals surface area contributed by atoms with Crippen LogP contribution in [0.3, 0.4) is 0 Å². The number of halogens is 2. The molecule has 1 atom stereocenters. The van der Waals surface area contributed by atoms with Gasteiger partial charge in [0.05, 0.1) is 11.1 Å². The number of benzene rings is 1. The second kappa shape index (κ2) is 5.25. The Kier molecular flexibility index (Phi) is 3.71. The lowest BCUT2D eigenvalue weighted by molar-refractivity contribution is 0.178. The molecule has 2 nitrogen and oxygen atoms in total. The van der Waals surface area contributed by atoms with Crippen molar-refractivity contribution in [1.29, 1.82) is 0 Å². The standard InChI is InChI=1S/C13H11ClFNO/c14-11-8-10(1-2-12(11)15)13(17)7-9-3-5-16-6-4-9/h1-6,8,13,17H,7H2. The van der Waals surface area contributed by atoms with E-state index in [4.69, 9.17) is 11.6 Å². The Labute approximate surface area is 104 Å². The molecule has 0 aliphatic rings. The summed E-state index contributed by atoms with van der Waals surface area (Å²) in [4.78, 5) is 3.90. The molecule has 0 saturated heterocycles. The molecular weight excluding hydrogens is 241 g/mol. The zero-order valence-electron chi connectivity index (χ0n) is 8.98. The van der Waals surface area contributed by atoms with Crippen LogP contribution in [0.2, 0.25) is 5.02 Å². The Morgan fingerprint density at radius 3 is 2.59 bits per heavy atom. The highest BCUT2D eigenvalue weighted by atomic mass is 35.5. The third kappa shape index (κ3) is 3.02. The van der Waals surface area contributed by atoms with Crippen molar-refractivity contribution < 1.29 is 9.50 Å². The van der Waals surface area contributed by atoms with E-state index >= 15 is 0 Å². The van der Waals surface area contributed by atoms with Crippen molar-refractivity contribution in [3.8, 4) is 0 Å². The maximum atomic E-state index is 13.0. The summed E-state index contributed by atoms with van der Waals surface area (Å²) in [6, 6.07) is 7.89. The van der Waals surface area contributed by atoms with Gasteiger partial charge in [-0.1, -0.05) is 17.7 Å². The van der Waals surface area contributed by atoms with E-state index in [1.165, 1.54) is 18.2 Å². The number of aliphatic hydroxyl groups is 1. The van der Waals surface area contributed by atoms with E-state index in [2.05, 4.69) is 4.98 Å². The molecule has 1 aromatic heterocycles. The second-order valence-electron chi connectivity index (χ2n) is 3.75. The van der Waals surface area contributed by atoms with Crippen molar-refractivity contribution in [2.45, 2.75) is 12.5 Å². The van der Waals surface area contributed by atoms with Crippen LogP contribution in [0.1, 0.15) is 17.2 Å². The second-order valence-corrected chi connectivity index (χ2v) is 4.16. The fourth-order valence-corrected chi connectivity index (χ4v) is 1.77. The van der Waals surface area contributed by atoms with Gasteiger partial charge in [-0.3, -0.25) is 4.98 Å². The van der Waals surface area contributed by atoms with Gasteiger partial charge in [0.15, 0.2) is 0 Å². The van der Waals surface area contributed by atoms with E-state index in [-0.39, 0.29) is 5.02 Å². The van der Waals surface area contributed by atoms with Crippen LogP contribution in [0.15, 0.2) is 42.7 Å². The van der Waals surface area contributed by atoms with E-state index in [9.17, 15) is 9.50 Å². The molecule has 1 aromatic carbocycles. The normalized spacial score (nSPS) is 12.4. The smallest absolute Gasteiger partial charge is 0.141 e. The number of rotatable bonds is 3. The molecule has 2 aromatic rings. The molecule has 0 fully saturated rings. The first-order valence-electron chi connectivity index (χ1n) is 5.19. The van der Waals surface area contributed by atoms with Crippen LogP contribution >= 0.6 is 11.6 Å². The fourth-order valence-electron chi connectivity index (χ4n) is 1.58. The van der Waals surface area contributed by atoms with Gasteiger partial charge in [-0.2, -0.15) is 0 Å². The SMILES string of the molecule is OC(Cc1ccncc1)c1ccc(F)c(Cl)c1. The molecule has 0 radical (unpaired) electrons. The number of aromatic nitrogens is 1. The minimum absolute atomic E-state index is 0.0243. The van der Waals surface area contributed by atoms with Crippen LogP contribution in [-0.2, 0) is 6.42 Å². The van der Waals surface area contributed by atoms with Crippen molar-refractivity contribution in [2.24, 2.45) is 0 Å². The van der Waals surface area contributed by atoms with Crippen molar-refractivity contribution in [1.82, 2.24) is 4.98 Å². The average Bonchev–Trinajstić information content (AvgIpc) is 2.34. The van der Waals surface area contributed by atoms with Crippen LogP contribution in [0, 0.1) is 5.82 Å². The van der Waals surface area contributed by atoms with Crippen LogP contribution < -0.4 is 0 Å². The molecule has 1 heterocycles. The van der Waals surface area contributed by atoms with Crippen molar-refractivity contribution >= 4 is 11.6 Å². The van der Waals surface area contributed by atoms with E-state index in [1.54, 1.807) is 12.4 Å². The highest BCUT2D eigenvalue weighted by molar-refractivity contribution is 6.30. The summed E-state index contributed by atoms with van der Waals surface area (Å²) in [6.45, 7) is 0. The quantitative estimate of drug-likeness (QED) is 0.909. The van der Waals surface area contributed by atoms with Gasteiger partial charge in [0.2, 0.25) is 0 Å². The number of nitrogens with zero attached hydrogens (tertiary/aromatic N) is 1. The molecule has 1 N–H and O–H groups in total. The lowest BCUT2D eigenvalue weighted by atomic mass is 10.0. The predicted octanol–water partition coefficient (Wildman–Crippen LogP) is 3.15. The van der Waals surface area contributed by atoms with Gasteiger partial charge in [-0.05, 0) is 35.4 Å². The Balaban J connectivity index is 2.14. The minimum Gasteiger partial charge on any atom is -0.388 e. The lowest BCUT2D eigenvalue weighted by Gasteiger charge is -2.11. The molecule has 0 saturated carbocycles. The number of hydrogen-bond acceptors (Lipinski definition) is 2. The molecule has 17 heavy (non-hydrogen) atoms. The van der Waals surface area contributed by atoms with E-state index < -0.39 is 11.9 Å². The molecule has 2 rings (SSSR count). The highest BCUT2D eigenvalue weighted by Crippen LogP contribution is 2.23. The largest absolute Gasteiger partial charge is 0.388 e. The van der Waals surface area contributed by atoms with Crippen molar-refractivity contribution in [3.05, 3.63) is 64.7 Å². The molecule has 0 aliphatic heterocycles. The van der Waals surface area contributed by atoms with E-state index in [0.29, 0.717) is 12.0 Å². The summed E-state index contributed by atoms with van der Waals surface area (Å²) in [5.41, 5.74) is 1.57. The molecule has 0 aliphatic carbocycles. The summed E-state index contributed by atoms with van der Waals surface area (Å²) in [7, 11) is 0. The van der Waals surface area contributed by atoms with Gasteiger partial charge in [0.1, 0.15) is 5.82 Å². The topological polar surface area (TPSA) is 33.1 Å². The maximum absolute atomic E-state index is 13.0. The van der Waals surface area contributed by atoms with Gasteiger partial charge in [0, 0.05) is 18.8 Å². The van der Waals surface area contributed by atoms with Crippen LogP contribution in [-0.4, -0.2) is 10.1 Å². The third-order valence-corrected chi connectivity index (χ3v) is 2.80. The van der Waals surface area contributed by atoms with Crippen molar-refractivity contribution in [2.75, 3.05) is 0 Å². The fraction of sp³-hybridized carbons (Fsp3) is 0.154. The third-order valence-electron chi connectivity index (χ3n) is 2.51. The zero-order chi connectivity index (χ0) is 12.3. The first-order valence-corrected chi connectivity index (χ1v) is 5.56. The van der Waals surface area contributed by atoms with Crippen molar-refractivity contribution in [3.63, 3.8) is 0 Å². The summed E-state index contributed by atoms with van der Waals surface area (Å²) in [5, 5.41) is 10.0. The molecular formula is C13H11ClFNO. The minimum atomic E-state index is -0.699. The Morgan fingerprint density at radius 1 is 1.24 bits per heavy atom. The molecule has 0 amide bonds. The van der Waals surface area contributed by atoms with Gasteiger partial charge >= 0.3 is 0 Å². The summed E-state index contributed by atoms with van der Waals surface area (Å²) in [5.74, 6) is -0.480. The lowest BCUT2D eigenvalue weighted by Crippen LogP contribution is -2.02. The number of pyridine rings is 1. The summed E-state index contributed by atoms with van der Waals surface area (Å²) >= 11 is 5.66. The Morgan fingerprint density at radius 2 is 1.94 bits per heavy atom. The van der Waals surface area contributed by atoms with Crippen LogP contribution in [0.4, 0.5) is 4.39 Å². The number of hydrogen-bond donors (Lipinski definition) is 1. The number of aliphatic hydroxyl groups excluding tert-OH is 1. The molecule has 4 heteroatoms.